The van der Waals surface area contributed by atoms with Gasteiger partial charge in [-0.2, -0.15) is 0 Å². The molecular weight excluding hydrogens is 174 g/mol. The van der Waals surface area contributed by atoms with Crippen molar-refractivity contribution in [2.24, 2.45) is 0 Å². The number of hydrogen-bond donors (Lipinski definition) is 1. The zero-order valence-corrected chi connectivity index (χ0v) is 8.12. The maximum atomic E-state index is 10.8. The number of rotatable bonds is 4. The van der Waals surface area contributed by atoms with E-state index in [1.807, 2.05) is 0 Å². The van der Waals surface area contributed by atoms with Gasteiger partial charge in [-0.15, -0.1) is 0 Å². The van der Waals surface area contributed by atoms with Gasteiger partial charge in [0.15, 0.2) is 0 Å². The topological polar surface area (TPSA) is 64.6 Å². The number of nitrogens with one attached hydrogen (secondary N) is 1. The Morgan fingerprint density at radius 1 is 1.38 bits per heavy atom. The highest BCUT2D eigenvalue weighted by atomic mass is 16.6. The molecule has 0 saturated carbocycles. The molecule has 0 bridgehead atoms. The standard InChI is InChI=1S/C8H15NO4/c1-6(2)13-8(11)9-5-4-7(10)12-3/h6H,4-5H2,1-3H3,(H,9,11). The fourth-order valence-corrected chi connectivity index (χ4v) is 0.624. The predicted molar refractivity (Wildman–Crippen MR) is 46.3 cm³/mol. The van der Waals surface area contributed by atoms with Crippen molar-refractivity contribution in [1.29, 1.82) is 0 Å². The van der Waals surface area contributed by atoms with E-state index in [4.69, 9.17) is 4.74 Å². The van der Waals surface area contributed by atoms with E-state index in [0.717, 1.165) is 0 Å². The number of alkyl carbamates (subject to hydrolysis) is 1. The second-order valence-electron chi connectivity index (χ2n) is 2.71. The first kappa shape index (κ1) is 11.7. The van der Waals surface area contributed by atoms with Crippen LogP contribution in [0.25, 0.3) is 0 Å². The Balaban J connectivity index is 3.42. The van der Waals surface area contributed by atoms with Crippen molar-refractivity contribution < 1.29 is 19.1 Å². The lowest BCUT2D eigenvalue weighted by atomic mass is 10.4. The Morgan fingerprint density at radius 3 is 2.46 bits per heavy atom. The Kier molecular flexibility index (Phi) is 5.67. The fourth-order valence-electron chi connectivity index (χ4n) is 0.624. The van der Waals surface area contributed by atoms with Crippen molar-refractivity contribution in [3.63, 3.8) is 0 Å². The highest BCUT2D eigenvalue weighted by molar-refractivity contribution is 5.71. The molecule has 1 amide bonds. The minimum atomic E-state index is -0.515. The molecule has 0 aromatic carbocycles. The summed E-state index contributed by atoms with van der Waals surface area (Å²) in [7, 11) is 1.30. The number of carbonyl (C=O) groups is 2. The summed E-state index contributed by atoms with van der Waals surface area (Å²) in [5.41, 5.74) is 0. The van der Waals surface area contributed by atoms with Gasteiger partial charge in [0.1, 0.15) is 0 Å². The molecule has 0 aliphatic heterocycles. The van der Waals surface area contributed by atoms with Crippen LogP contribution in [0.15, 0.2) is 0 Å². The quantitative estimate of drug-likeness (QED) is 0.660. The summed E-state index contributed by atoms with van der Waals surface area (Å²) in [6.07, 6.45) is -0.513. The summed E-state index contributed by atoms with van der Waals surface area (Å²) in [5.74, 6) is -0.357. The first-order valence-corrected chi connectivity index (χ1v) is 4.07. The van der Waals surface area contributed by atoms with Gasteiger partial charge in [0, 0.05) is 6.54 Å². The fraction of sp³-hybridized carbons (Fsp3) is 0.750. The second kappa shape index (κ2) is 6.28. The van der Waals surface area contributed by atoms with Gasteiger partial charge >= 0.3 is 12.1 Å². The molecule has 13 heavy (non-hydrogen) atoms. The van der Waals surface area contributed by atoms with Crippen molar-refractivity contribution in [2.45, 2.75) is 26.4 Å². The second-order valence-corrected chi connectivity index (χ2v) is 2.71. The molecule has 0 unspecified atom stereocenters. The van der Waals surface area contributed by atoms with Crippen molar-refractivity contribution in [3.8, 4) is 0 Å². The van der Waals surface area contributed by atoms with Crippen molar-refractivity contribution in [2.75, 3.05) is 13.7 Å². The number of methoxy groups -OCH3 is 1. The molecule has 0 atom stereocenters. The predicted octanol–water partition coefficient (Wildman–Crippen LogP) is 0.684. The molecule has 0 heterocycles. The third-order valence-electron chi connectivity index (χ3n) is 1.17. The van der Waals surface area contributed by atoms with E-state index in [9.17, 15) is 9.59 Å². The lowest BCUT2D eigenvalue weighted by molar-refractivity contribution is -0.140. The third-order valence-corrected chi connectivity index (χ3v) is 1.17. The van der Waals surface area contributed by atoms with E-state index < -0.39 is 6.09 Å². The van der Waals surface area contributed by atoms with E-state index in [2.05, 4.69) is 10.1 Å². The molecule has 0 spiro atoms. The summed E-state index contributed by atoms with van der Waals surface area (Å²) in [5, 5.41) is 2.42. The SMILES string of the molecule is COC(=O)CCNC(=O)OC(C)C. The van der Waals surface area contributed by atoms with E-state index in [1.54, 1.807) is 13.8 Å². The summed E-state index contributed by atoms with van der Waals surface area (Å²) in [4.78, 5) is 21.4. The molecule has 0 rings (SSSR count). The van der Waals surface area contributed by atoms with E-state index >= 15 is 0 Å². The molecule has 5 nitrogen and oxygen atoms in total. The van der Waals surface area contributed by atoms with Crippen LogP contribution in [0.4, 0.5) is 4.79 Å². The maximum Gasteiger partial charge on any atom is 0.407 e. The van der Waals surface area contributed by atoms with Crippen LogP contribution in [-0.4, -0.2) is 31.8 Å². The van der Waals surface area contributed by atoms with Crippen molar-refractivity contribution >= 4 is 12.1 Å². The number of carbonyl (C=O) groups excluding carboxylic acids is 2. The summed E-state index contributed by atoms with van der Waals surface area (Å²) >= 11 is 0. The van der Waals surface area contributed by atoms with Gasteiger partial charge in [0.05, 0.1) is 19.6 Å². The van der Waals surface area contributed by atoms with Crippen LogP contribution in [0.3, 0.4) is 0 Å². The van der Waals surface area contributed by atoms with Crippen LogP contribution >= 0.6 is 0 Å². The minimum absolute atomic E-state index is 0.155. The largest absolute Gasteiger partial charge is 0.469 e. The van der Waals surface area contributed by atoms with Crippen LogP contribution in [0.5, 0.6) is 0 Å². The number of esters is 1. The molecule has 0 radical (unpaired) electrons. The molecule has 0 aliphatic rings. The zero-order valence-electron chi connectivity index (χ0n) is 8.12. The number of hydrogen-bond acceptors (Lipinski definition) is 4. The van der Waals surface area contributed by atoms with Gasteiger partial charge < -0.3 is 14.8 Å². The molecule has 0 saturated heterocycles. The normalized spacial score (nSPS) is 9.54. The first-order valence-electron chi connectivity index (χ1n) is 4.07. The van der Waals surface area contributed by atoms with Crippen LogP contribution < -0.4 is 5.32 Å². The summed E-state index contributed by atoms with van der Waals surface area (Å²) in [6.45, 7) is 3.73. The lowest BCUT2D eigenvalue weighted by Crippen LogP contribution is -2.28. The Bertz CT molecular complexity index is 179. The highest BCUT2D eigenvalue weighted by Gasteiger charge is 2.05. The monoisotopic (exact) mass is 189 g/mol. The average Bonchev–Trinajstić information content (AvgIpc) is 2.02. The molecule has 0 fully saturated rings. The van der Waals surface area contributed by atoms with Gasteiger partial charge in [0.2, 0.25) is 0 Å². The highest BCUT2D eigenvalue weighted by Crippen LogP contribution is 1.88. The molecular formula is C8H15NO4. The number of ether oxygens (including phenoxy) is 2. The molecule has 0 aliphatic carbocycles. The Labute approximate surface area is 77.4 Å². The lowest BCUT2D eigenvalue weighted by Gasteiger charge is -2.08. The van der Waals surface area contributed by atoms with Crippen LogP contribution in [0.2, 0.25) is 0 Å². The summed E-state index contributed by atoms with van der Waals surface area (Å²) in [6, 6.07) is 0. The van der Waals surface area contributed by atoms with E-state index in [1.165, 1.54) is 7.11 Å². The molecule has 76 valence electrons. The maximum absolute atomic E-state index is 10.8. The Hall–Kier alpha value is -1.26. The molecule has 1 N–H and O–H groups in total. The van der Waals surface area contributed by atoms with E-state index in [-0.39, 0.29) is 25.0 Å². The van der Waals surface area contributed by atoms with Crippen LogP contribution in [0.1, 0.15) is 20.3 Å². The minimum Gasteiger partial charge on any atom is -0.469 e. The van der Waals surface area contributed by atoms with Crippen LogP contribution in [0, 0.1) is 0 Å². The van der Waals surface area contributed by atoms with Crippen molar-refractivity contribution in [1.82, 2.24) is 5.32 Å². The van der Waals surface area contributed by atoms with Gasteiger partial charge in [-0.3, -0.25) is 4.79 Å². The van der Waals surface area contributed by atoms with Gasteiger partial charge in [0.25, 0.3) is 0 Å². The smallest absolute Gasteiger partial charge is 0.407 e. The number of amides is 1. The zero-order chi connectivity index (χ0) is 10.3. The van der Waals surface area contributed by atoms with Crippen molar-refractivity contribution in [3.05, 3.63) is 0 Å². The third kappa shape index (κ3) is 7.11. The molecule has 5 heteroatoms. The molecule has 0 aromatic heterocycles. The molecule has 0 aromatic rings. The summed E-state index contributed by atoms with van der Waals surface area (Å²) < 4.78 is 9.15. The van der Waals surface area contributed by atoms with Gasteiger partial charge in [-0.25, -0.2) is 4.79 Å². The van der Waals surface area contributed by atoms with Gasteiger partial charge in [-0.05, 0) is 13.8 Å². The first-order chi connectivity index (χ1) is 6.06. The van der Waals surface area contributed by atoms with Gasteiger partial charge in [-0.1, -0.05) is 0 Å². The Morgan fingerprint density at radius 2 is 2.00 bits per heavy atom. The average molecular weight is 189 g/mol. The van der Waals surface area contributed by atoms with Crippen LogP contribution in [-0.2, 0) is 14.3 Å². The van der Waals surface area contributed by atoms with E-state index in [0.29, 0.717) is 0 Å².